The fourth-order valence-corrected chi connectivity index (χ4v) is 2.52. The number of hydrogen-bond acceptors (Lipinski definition) is 4. The smallest absolute Gasteiger partial charge is 0.399 e. The fourth-order valence-electron chi connectivity index (χ4n) is 2.52. The summed E-state index contributed by atoms with van der Waals surface area (Å²) in [7, 11) is 3.94. The van der Waals surface area contributed by atoms with E-state index in [1.165, 1.54) is 12.0 Å². The van der Waals surface area contributed by atoms with Crippen LogP contribution in [0.15, 0.2) is 24.3 Å². The summed E-state index contributed by atoms with van der Waals surface area (Å²) in [5.41, 5.74) is 1.80. The molecule has 4 nitrogen and oxygen atoms in total. The van der Waals surface area contributed by atoms with Crippen LogP contribution in [0.5, 0.6) is 0 Å². The van der Waals surface area contributed by atoms with Crippen LogP contribution in [0.3, 0.4) is 0 Å². The third kappa shape index (κ3) is 4.80. The van der Waals surface area contributed by atoms with Gasteiger partial charge < -0.3 is 19.5 Å². The van der Waals surface area contributed by atoms with Crippen LogP contribution in [-0.4, -0.2) is 50.4 Å². The molecular weight excluding hydrogens is 287 g/mol. The summed E-state index contributed by atoms with van der Waals surface area (Å²) in [5, 5.41) is 3.48. The molecule has 0 saturated carbocycles. The van der Waals surface area contributed by atoms with Crippen LogP contribution in [-0.2, 0) is 15.9 Å². The molecular formula is C18H31BN2O2. The predicted octanol–water partition coefficient (Wildman–Crippen LogP) is 2.03. The first kappa shape index (κ1) is 18.5. The van der Waals surface area contributed by atoms with Gasteiger partial charge in [0, 0.05) is 6.54 Å². The van der Waals surface area contributed by atoms with Gasteiger partial charge in [0.2, 0.25) is 0 Å². The van der Waals surface area contributed by atoms with E-state index < -0.39 is 0 Å². The average molecular weight is 318 g/mol. The van der Waals surface area contributed by atoms with Crippen molar-refractivity contribution in [1.29, 1.82) is 0 Å². The lowest BCUT2D eigenvalue weighted by Crippen LogP contribution is -2.41. The largest absolute Gasteiger partial charge is 0.494 e. The second kappa shape index (κ2) is 7.35. The Morgan fingerprint density at radius 1 is 1.00 bits per heavy atom. The molecule has 2 rings (SSSR count). The molecule has 1 aromatic carbocycles. The van der Waals surface area contributed by atoms with E-state index in [0.717, 1.165) is 25.1 Å². The molecule has 0 unspecified atom stereocenters. The van der Waals surface area contributed by atoms with E-state index in [-0.39, 0.29) is 18.3 Å². The Morgan fingerprint density at radius 2 is 1.57 bits per heavy atom. The van der Waals surface area contributed by atoms with Gasteiger partial charge >= 0.3 is 7.12 Å². The third-order valence-corrected chi connectivity index (χ3v) is 4.79. The summed E-state index contributed by atoms with van der Waals surface area (Å²) >= 11 is 0. The van der Waals surface area contributed by atoms with E-state index in [0.29, 0.717) is 0 Å². The van der Waals surface area contributed by atoms with Crippen LogP contribution in [0.2, 0.25) is 0 Å². The Hall–Kier alpha value is -0.875. The highest BCUT2D eigenvalue weighted by atomic mass is 16.7. The zero-order chi connectivity index (χ0) is 17.1. The van der Waals surface area contributed by atoms with Crippen molar-refractivity contribution >= 4 is 12.6 Å². The van der Waals surface area contributed by atoms with E-state index in [1.54, 1.807) is 0 Å². The van der Waals surface area contributed by atoms with E-state index in [1.807, 2.05) is 0 Å². The second-order valence-corrected chi connectivity index (χ2v) is 7.66. The molecule has 0 bridgehead atoms. The number of nitrogens with one attached hydrogen (secondary N) is 1. The zero-order valence-electron chi connectivity index (χ0n) is 15.5. The van der Waals surface area contributed by atoms with Gasteiger partial charge in [-0.1, -0.05) is 24.3 Å². The summed E-state index contributed by atoms with van der Waals surface area (Å²) < 4.78 is 12.2. The SMILES string of the molecule is CN(C)CCCNCc1ccc(B2OC(C)(C)C(C)(C)O2)cc1. The third-order valence-electron chi connectivity index (χ3n) is 4.79. The van der Waals surface area contributed by atoms with Crippen LogP contribution < -0.4 is 10.8 Å². The normalized spacial score (nSPS) is 19.5. The number of nitrogens with zero attached hydrogens (tertiary/aromatic N) is 1. The Bertz CT molecular complexity index is 484. The van der Waals surface area contributed by atoms with Crippen molar-refractivity contribution in [2.24, 2.45) is 0 Å². The summed E-state index contributed by atoms with van der Waals surface area (Å²) in [6.45, 7) is 11.4. The van der Waals surface area contributed by atoms with Gasteiger partial charge in [0.1, 0.15) is 0 Å². The molecule has 1 N–H and O–H groups in total. The van der Waals surface area contributed by atoms with Crippen molar-refractivity contribution in [3.63, 3.8) is 0 Å². The monoisotopic (exact) mass is 318 g/mol. The molecule has 1 aliphatic heterocycles. The van der Waals surface area contributed by atoms with Crippen molar-refractivity contribution in [3.05, 3.63) is 29.8 Å². The highest BCUT2D eigenvalue weighted by Crippen LogP contribution is 2.36. The maximum absolute atomic E-state index is 6.08. The molecule has 1 aromatic rings. The molecule has 0 amide bonds. The van der Waals surface area contributed by atoms with Crippen molar-refractivity contribution in [3.8, 4) is 0 Å². The first-order chi connectivity index (χ1) is 10.7. The minimum absolute atomic E-state index is 0.276. The van der Waals surface area contributed by atoms with Crippen LogP contribution >= 0.6 is 0 Å². The molecule has 0 spiro atoms. The molecule has 1 fully saturated rings. The molecule has 1 saturated heterocycles. The topological polar surface area (TPSA) is 33.7 Å². The van der Waals surface area contributed by atoms with E-state index in [9.17, 15) is 0 Å². The van der Waals surface area contributed by atoms with Gasteiger partial charge in [-0.3, -0.25) is 0 Å². The molecule has 0 atom stereocenters. The maximum Gasteiger partial charge on any atom is 0.494 e. The summed E-state index contributed by atoms with van der Waals surface area (Å²) in [5.74, 6) is 0. The van der Waals surface area contributed by atoms with Gasteiger partial charge in [0.25, 0.3) is 0 Å². The molecule has 1 heterocycles. The number of rotatable bonds is 7. The fraction of sp³-hybridized carbons (Fsp3) is 0.667. The second-order valence-electron chi connectivity index (χ2n) is 7.66. The molecule has 0 aliphatic carbocycles. The molecule has 1 aliphatic rings. The minimum atomic E-state index is -0.287. The zero-order valence-corrected chi connectivity index (χ0v) is 15.5. The first-order valence-corrected chi connectivity index (χ1v) is 8.51. The van der Waals surface area contributed by atoms with Crippen LogP contribution in [0.1, 0.15) is 39.7 Å². The van der Waals surface area contributed by atoms with Crippen molar-refractivity contribution in [2.75, 3.05) is 27.2 Å². The lowest BCUT2D eigenvalue weighted by Gasteiger charge is -2.32. The quantitative estimate of drug-likeness (QED) is 0.616. The Labute approximate surface area is 141 Å². The van der Waals surface area contributed by atoms with Gasteiger partial charge in [0.15, 0.2) is 0 Å². The molecule has 5 heteroatoms. The average Bonchev–Trinajstić information content (AvgIpc) is 2.67. The predicted molar refractivity (Wildman–Crippen MR) is 97.0 cm³/mol. The summed E-state index contributed by atoms with van der Waals surface area (Å²) in [6, 6.07) is 8.52. The minimum Gasteiger partial charge on any atom is -0.399 e. The maximum atomic E-state index is 6.08. The van der Waals surface area contributed by atoms with Crippen LogP contribution in [0.25, 0.3) is 0 Å². The van der Waals surface area contributed by atoms with Crippen molar-refractivity contribution in [2.45, 2.75) is 51.9 Å². The van der Waals surface area contributed by atoms with Crippen molar-refractivity contribution in [1.82, 2.24) is 10.2 Å². The summed E-state index contributed by atoms with van der Waals surface area (Å²) in [6.07, 6.45) is 1.17. The van der Waals surface area contributed by atoms with Gasteiger partial charge in [-0.2, -0.15) is 0 Å². The van der Waals surface area contributed by atoms with Gasteiger partial charge in [-0.25, -0.2) is 0 Å². The molecule has 23 heavy (non-hydrogen) atoms. The lowest BCUT2D eigenvalue weighted by atomic mass is 9.79. The highest BCUT2D eigenvalue weighted by molar-refractivity contribution is 6.62. The number of hydrogen-bond donors (Lipinski definition) is 1. The van der Waals surface area contributed by atoms with Crippen molar-refractivity contribution < 1.29 is 9.31 Å². The molecule has 128 valence electrons. The van der Waals surface area contributed by atoms with E-state index in [4.69, 9.17) is 9.31 Å². The Kier molecular flexibility index (Phi) is 5.90. The van der Waals surface area contributed by atoms with Crippen LogP contribution in [0, 0.1) is 0 Å². The highest BCUT2D eigenvalue weighted by Gasteiger charge is 2.51. The number of benzene rings is 1. The molecule has 0 aromatic heterocycles. The first-order valence-electron chi connectivity index (χ1n) is 8.51. The summed E-state index contributed by atoms with van der Waals surface area (Å²) in [4.78, 5) is 2.21. The van der Waals surface area contributed by atoms with Gasteiger partial charge in [-0.05, 0) is 72.3 Å². The van der Waals surface area contributed by atoms with E-state index in [2.05, 4.69) is 76.3 Å². The Balaban J connectivity index is 1.84. The standard InChI is InChI=1S/C18H31BN2O2/c1-17(2)18(3,4)23-19(22-17)16-10-8-15(9-11-16)14-20-12-7-13-21(5)6/h8-11,20H,7,12-14H2,1-6H3. The van der Waals surface area contributed by atoms with E-state index >= 15 is 0 Å². The van der Waals surface area contributed by atoms with Crippen LogP contribution in [0.4, 0.5) is 0 Å². The lowest BCUT2D eigenvalue weighted by molar-refractivity contribution is 0.00578. The van der Waals surface area contributed by atoms with Gasteiger partial charge in [-0.15, -0.1) is 0 Å². The Morgan fingerprint density at radius 3 is 2.09 bits per heavy atom. The molecule has 0 radical (unpaired) electrons. The van der Waals surface area contributed by atoms with Gasteiger partial charge in [0.05, 0.1) is 11.2 Å².